The lowest BCUT2D eigenvalue weighted by atomic mass is 9.95. The monoisotopic (exact) mass is 198 g/mol. The van der Waals surface area contributed by atoms with Crippen molar-refractivity contribution in [1.82, 2.24) is 0 Å². The maximum absolute atomic E-state index is 11.4. The molecule has 0 rings (SSSR count). The van der Waals surface area contributed by atoms with Crippen LogP contribution in [0.5, 0.6) is 0 Å². The lowest BCUT2D eigenvalue weighted by molar-refractivity contribution is -0.151. The van der Waals surface area contributed by atoms with Crippen molar-refractivity contribution in [2.24, 2.45) is 5.92 Å². The highest BCUT2D eigenvalue weighted by Gasteiger charge is 2.26. The normalized spacial score (nSPS) is 11.9. The van der Waals surface area contributed by atoms with Gasteiger partial charge in [-0.25, -0.2) is 0 Å². The summed E-state index contributed by atoms with van der Waals surface area (Å²) in [7, 11) is 0. The van der Waals surface area contributed by atoms with E-state index in [2.05, 4.69) is 6.58 Å². The molecule has 3 heteroatoms. The minimum absolute atomic E-state index is 0.0774. The van der Waals surface area contributed by atoms with E-state index in [0.29, 0.717) is 19.4 Å². The molecule has 3 nitrogen and oxygen atoms in total. The zero-order chi connectivity index (χ0) is 11.1. The molecule has 0 aromatic rings. The minimum Gasteiger partial charge on any atom is -0.465 e. The maximum Gasteiger partial charge on any atom is 0.316 e. The molecule has 0 spiro atoms. The number of carbonyl (C=O) groups excluding carboxylic acids is 2. The van der Waals surface area contributed by atoms with Crippen molar-refractivity contribution >= 4 is 11.8 Å². The predicted molar refractivity (Wildman–Crippen MR) is 54.9 cm³/mol. The molecular formula is C11H18O3. The average Bonchev–Trinajstić information content (AvgIpc) is 2.13. The molecule has 0 aliphatic carbocycles. The number of ether oxygens (including phenoxy) is 1. The summed E-state index contributed by atoms with van der Waals surface area (Å²) in [5.74, 6) is -1.16. The largest absolute Gasteiger partial charge is 0.465 e. The van der Waals surface area contributed by atoms with Gasteiger partial charge >= 0.3 is 5.97 Å². The van der Waals surface area contributed by atoms with Crippen LogP contribution in [0.4, 0.5) is 0 Å². The van der Waals surface area contributed by atoms with E-state index in [1.54, 1.807) is 20.8 Å². The highest BCUT2D eigenvalue weighted by atomic mass is 16.5. The first kappa shape index (κ1) is 12.9. The summed E-state index contributed by atoms with van der Waals surface area (Å²) < 4.78 is 4.83. The van der Waals surface area contributed by atoms with Crippen molar-refractivity contribution in [2.75, 3.05) is 6.61 Å². The average molecular weight is 198 g/mol. The summed E-state index contributed by atoms with van der Waals surface area (Å²) in [5.41, 5.74) is 0.824. The van der Waals surface area contributed by atoms with Gasteiger partial charge in [-0.15, -0.1) is 6.58 Å². The summed E-state index contributed by atoms with van der Waals surface area (Å²) in [6.45, 7) is 9.27. The molecule has 0 radical (unpaired) electrons. The standard InChI is InChI=1S/C11H18O3/c1-5-10(12)9(7-8(3)4)11(13)14-6-2/h9H,3,5-7H2,1-2,4H3. The first-order valence-corrected chi connectivity index (χ1v) is 4.86. The van der Waals surface area contributed by atoms with Crippen LogP contribution in [0.25, 0.3) is 0 Å². The summed E-state index contributed by atoms with van der Waals surface area (Å²) in [6, 6.07) is 0. The highest BCUT2D eigenvalue weighted by Crippen LogP contribution is 2.14. The molecule has 1 atom stereocenters. The molecule has 0 aliphatic heterocycles. The van der Waals surface area contributed by atoms with Gasteiger partial charge in [0.05, 0.1) is 6.61 Å². The van der Waals surface area contributed by atoms with Crippen LogP contribution in [0.2, 0.25) is 0 Å². The van der Waals surface area contributed by atoms with E-state index >= 15 is 0 Å². The van der Waals surface area contributed by atoms with Gasteiger partial charge in [-0.2, -0.15) is 0 Å². The van der Waals surface area contributed by atoms with Crippen molar-refractivity contribution < 1.29 is 14.3 Å². The third-order valence-electron chi connectivity index (χ3n) is 1.86. The number of rotatable bonds is 6. The van der Waals surface area contributed by atoms with E-state index in [0.717, 1.165) is 5.57 Å². The van der Waals surface area contributed by atoms with Crippen LogP contribution in [0.3, 0.4) is 0 Å². The molecule has 0 amide bonds. The van der Waals surface area contributed by atoms with Gasteiger partial charge in [0.25, 0.3) is 0 Å². The Morgan fingerprint density at radius 3 is 2.29 bits per heavy atom. The molecule has 0 aliphatic rings. The van der Waals surface area contributed by atoms with Gasteiger partial charge in [-0.1, -0.05) is 12.5 Å². The van der Waals surface area contributed by atoms with Gasteiger partial charge in [-0.05, 0) is 20.3 Å². The number of carbonyl (C=O) groups is 2. The second-order valence-corrected chi connectivity index (χ2v) is 3.29. The third kappa shape index (κ3) is 4.21. The molecule has 14 heavy (non-hydrogen) atoms. The lowest BCUT2D eigenvalue weighted by Gasteiger charge is -2.13. The van der Waals surface area contributed by atoms with Crippen LogP contribution >= 0.6 is 0 Å². The number of allylic oxidation sites excluding steroid dienone is 1. The van der Waals surface area contributed by atoms with Crippen LogP contribution in [-0.2, 0) is 14.3 Å². The van der Waals surface area contributed by atoms with Crippen molar-refractivity contribution in [2.45, 2.75) is 33.6 Å². The van der Waals surface area contributed by atoms with Gasteiger partial charge in [0.2, 0.25) is 0 Å². The second-order valence-electron chi connectivity index (χ2n) is 3.29. The quantitative estimate of drug-likeness (QED) is 0.373. The van der Waals surface area contributed by atoms with E-state index in [-0.39, 0.29) is 5.78 Å². The molecule has 1 unspecified atom stereocenters. The number of Topliss-reactive ketones (excluding diaryl/α,β-unsaturated/α-hetero) is 1. The zero-order valence-corrected chi connectivity index (χ0v) is 9.13. The number of esters is 1. The Labute approximate surface area is 85.1 Å². The Morgan fingerprint density at radius 1 is 1.36 bits per heavy atom. The van der Waals surface area contributed by atoms with Crippen molar-refractivity contribution in [3.05, 3.63) is 12.2 Å². The van der Waals surface area contributed by atoms with Gasteiger partial charge in [-0.3, -0.25) is 9.59 Å². The SMILES string of the molecule is C=C(C)CC(C(=O)CC)C(=O)OCC. The Balaban J connectivity index is 4.45. The summed E-state index contributed by atoms with van der Waals surface area (Å²) in [4.78, 5) is 22.8. The molecule has 0 saturated heterocycles. The fraction of sp³-hybridized carbons (Fsp3) is 0.636. The van der Waals surface area contributed by atoms with Gasteiger partial charge in [0.15, 0.2) is 0 Å². The van der Waals surface area contributed by atoms with E-state index in [1.807, 2.05) is 0 Å². The van der Waals surface area contributed by atoms with Gasteiger partial charge in [0, 0.05) is 6.42 Å². The van der Waals surface area contributed by atoms with Crippen LogP contribution in [-0.4, -0.2) is 18.4 Å². The van der Waals surface area contributed by atoms with Gasteiger partial charge in [0.1, 0.15) is 11.7 Å². The molecule has 0 aromatic heterocycles. The van der Waals surface area contributed by atoms with Crippen LogP contribution in [0.1, 0.15) is 33.6 Å². The fourth-order valence-electron chi connectivity index (χ4n) is 1.17. The first-order chi connectivity index (χ1) is 6.52. The third-order valence-corrected chi connectivity index (χ3v) is 1.86. The number of hydrogen-bond acceptors (Lipinski definition) is 3. The Bertz CT molecular complexity index is 231. The van der Waals surface area contributed by atoms with Crippen LogP contribution in [0.15, 0.2) is 12.2 Å². The molecule has 0 heterocycles. The van der Waals surface area contributed by atoms with Crippen LogP contribution in [0, 0.1) is 5.92 Å². The molecule has 0 aromatic carbocycles. The molecule has 0 fully saturated rings. The van der Waals surface area contributed by atoms with E-state index in [4.69, 9.17) is 4.74 Å². The molecule has 0 bridgehead atoms. The zero-order valence-electron chi connectivity index (χ0n) is 9.13. The maximum atomic E-state index is 11.4. The lowest BCUT2D eigenvalue weighted by Crippen LogP contribution is -2.26. The smallest absolute Gasteiger partial charge is 0.316 e. The van der Waals surface area contributed by atoms with Crippen LogP contribution < -0.4 is 0 Å². The summed E-state index contributed by atoms with van der Waals surface area (Å²) in [5, 5.41) is 0. The molecule has 0 saturated carbocycles. The topological polar surface area (TPSA) is 43.4 Å². The second kappa shape index (κ2) is 6.35. The molecule has 80 valence electrons. The summed E-state index contributed by atoms with van der Waals surface area (Å²) in [6.07, 6.45) is 0.752. The first-order valence-electron chi connectivity index (χ1n) is 4.86. The number of hydrogen-bond donors (Lipinski definition) is 0. The predicted octanol–water partition coefficient (Wildman–Crippen LogP) is 2.11. The highest BCUT2D eigenvalue weighted by molar-refractivity contribution is 5.99. The molecular weight excluding hydrogens is 180 g/mol. The fourth-order valence-corrected chi connectivity index (χ4v) is 1.17. The minimum atomic E-state index is -0.655. The van der Waals surface area contributed by atoms with Gasteiger partial charge < -0.3 is 4.74 Å². The Kier molecular flexibility index (Phi) is 5.84. The van der Waals surface area contributed by atoms with Crippen molar-refractivity contribution in [3.63, 3.8) is 0 Å². The van der Waals surface area contributed by atoms with E-state index < -0.39 is 11.9 Å². The molecule has 0 N–H and O–H groups in total. The van der Waals surface area contributed by atoms with Crippen molar-refractivity contribution in [1.29, 1.82) is 0 Å². The Morgan fingerprint density at radius 2 is 1.93 bits per heavy atom. The number of ketones is 1. The van der Waals surface area contributed by atoms with E-state index in [1.165, 1.54) is 0 Å². The Hall–Kier alpha value is -1.12. The van der Waals surface area contributed by atoms with E-state index in [9.17, 15) is 9.59 Å². The van der Waals surface area contributed by atoms with Crippen molar-refractivity contribution in [3.8, 4) is 0 Å². The summed E-state index contributed by atoms with van der Waals surface area (Å²) >= 11 is 0.